The summed E-state index contributed by atoms with van der Waals surface area (Å²) in [6.07, 6.45) is 1.69. The van der Waals surface area contributed by atoms with Gasteiger partial charge in [0.1, 0.15) is 0 Å². The Hall–Kier alpha value is -2.27. The Morgan fingerprint density at radius 3 is 2.85 bits per heavy atom. The second kappa shape index (κ2) is 6.25. The van der Waals surface area contributed by atoms with Crippen molar-refractivity contribution < 1.29 is 4.79 Å². The minimum Gasteiger partial charge on any atom is -0.399 e. The molecule has 0 fully saturated rings. The molecule has 1 aromatic carbocycles. The van der Waals surface area contributed by atoms with E-state index in [1.54, 1.807) is 24.3 Å². The Kier molecular flexibility index (Phi) is 4.42. The number of nitrogens with zero attached hydrogens (tertiary/aromatic N) is 1. The molecule has 0 radical (unpaired) electrons. The average molecular weight is 292 g/mol. The van der Waals surface area contributed by atoms with Gasteiger partial charge < -0.3 is 15.6 Å². The summed E-state index contributed by atoms with van der Waals surface area (Å²) in [5, 5.41) is 3.18. The van der Waals surface area contributed by atoms with E-state index in [0.29, 0.717) is 16.4 Å². The molecule has 0 atom stereocenters. The molecular weight excluding hydrogens is 278 g/mol. The number of nitrogens with one attached hydrogen (secondary N) is 1. The molecule has 0 unspecified atom stereocenters. The number of rotatable bonds is 4. The predicted octanol–water partition coefficient (Wildman–Crippen LogP) is 2.11. The third kappa shape index (κ3) is 3.86. The summed E-state index contributed by atoms with van der Waals surface area (Å²) in [6.45, 7) is 0.271. The van der Waals surface area contributed by atoms with Crippen LogP contribution in [0.2, 0.25) is 5.02 Å². The predicted molar refractivity (Wildman–Crippen MR) is 79.8 cm³/mol. The van der Waals surface area contributed by atoms with Gasteiger partial charge in [-0.3, -0.25) is 9.59 Å². The number of amides is 1. The topological polar surface area (TPSA) is 77.1 Å². The number of anilines is 2. The summed E-state index contributed by atoms with van der Waals surface area (Å²) in [5.74, 6) is -0.192. The number of hydrogen-bond donors (Lipinski definition) is 2. The van der Waals surface area contributed by atoms with Gasteiger partial charge in [0.05, 0.1) is 5.02 Å². The minimum atomic E-state index is -0.192. The number of pyridine rings is 1. The lowest BCUT2D eigenvalue weighted by Crippen LogP contribution is -2.22. The van der Waals surface area contributed by atoms with Crippen LogP contribution in [0, 0.1) is 0 Å². The first-order chi connectivity index (χ1) is 9.54. The summed E-state index contributed by atoms with van der Waals surface area (Å²) < 4.78 is 1.40. The Morgan fingerprint density at radius 1 is 1.30 bits per heavy atom. The number of carbonyl (C=O) groups is 1. The van der Waals surface area contributed by atoms with E-state index in [-0.39, 0.29) is 24.4 Å². The lowest BCUT2D eigenvalue weighted by atomic mass is 10.2. The van der Waals surface area contributed by atoms with Crippen LogP contribution >= 0.6 is 11.6 Å². The van der Waals surface area contributed by atoms with Crippen LogP contribution in [0.15, 0.2) is 47.4 Å². The lowest BCUT2D eigenvalue weighted by molar-refractivity contribution is -0.116. The molecule has 104 valence electrons. The maximum Gasteiger partial charge on any atom is 0.250 e. The highest BCUT2D eigenvalue weighted by Gasteiger charge is 2.04. The van der Waals surface area contributed by atoms with Gasteiger partial charge in [-0.1, -0.05) is 17.7 Å². The van der Waals surface area contributed by atoms with Crippen molar-refractivity contribution in [2.24, 2.45) is 0 Å². The van der Waals surface area contributed by atoms with Gasteiger partial charge >= 0.3 is 0 Å². The summed E-state index contributed by atoms with van der Waals surface area (Å²) in [7, 11) is 0. The fourth-order valence-electron chi connectivity index (χ4n) is 1.74. The second-order valence-electron chi connectivity index (χ2n) is 4.30. The van der Waals surface area contributed by atoms with Crippen molar-refractivity contribution in [3.05, 3.63) is 58.0 Å². The molecule has 0 aliphatic heterocycles. The Balaban J connectivity index is 1.95. The molecule has 6 heteroatoms. The van der Waals surface area contributed by atoms with E-state index in [4.69, 9.17) is 17.3 Å². The molecule has 1 aromatic heterocycles. The lowest BCUT2D eigenvalue weighted by Gasteiger charge is -2.07. The number of aromatic nitrogens is 1. The molecule has 2 rings (SSSR count). The number of nitrogens with two attached hydrogens (primary N) is 1. The van der Waals surface area contributed by atoms with E-state index in [1.807, 2.05) is 0 Å². The van der Waals surface area contributed by atoms with Crippen LogP contribution in [0.25, 0.3) is 0 Å². The normalized spacial score (nSPS) is 10.2. The molecule has 3 N–H and O–H groups in total. The molecule has 20 heavy (non-hydrogen) atoms. The third-order valence-electron chi connectivity index (χ3n) is 2.70. The minimum absolute atomic E-state index is 0.176. The van der Waals surface area contributed by atoms with E-state index >= 15 is 0 Å². The van der Waals surface area contributed by atoms with Crippen molar-refractivity contribution in [1.82, 2.24) is 4.57 Å². The van der Waals surface area contributed by atoms with Crippen molar-refractivity contribution in [3.8, 4) is 0 Å². The Morgan fingerprint density at radius 2 is 2.10 bits per heavy atom. The van der Waals surface area contributed by atoms with E-state index in [0.717, 1.165) is 0 Å². The quantitative estimate of drug-likeness (QED) is 0.847. The molecule has 0 saturated heterocycles. The second-order valence-corrected chi connectivity index (χ2v) is 4.74. The number of carbonyl (C=O) groups excluding carboxylic acids is 1. The zero-order valence-electron chi connectivity index (χ0n) is 10.7. The van der Waals surface area contributed by atoms with Gasteiger partial charge in [-0.2, -0.15) is 0 Å². The van der Waals surface area contributed by atoms with E-state index in [1.165, 1.54) is 22.9 Å². The van der Waals surface area contributed by atoms with Crippen LogP contribution in [0.5, 0.6) is 0 Å². The van der Waals surface area contributed by atoms with Gasteiger partial charge in [-0.15, -0.1) is 0 Å². The van der Waals surface area contributed by atoms with Crippen LogP contribution in [-0.2, 0) is 11.3 Å². The fraction of sp³-hybridized carbons (Fsp3) is 0.143. The van der Waals surface area contributed by atoms with Gasteiger partial charge in [-0.05, 0) is 24.3 Å². The molecule has 0 bridgehead atoms. The number of benzene rings is 1. The highest BCUT2D eigenvalue weighted by atomic mass is 35.5. The molecular formula is C14H14ClN3O2. The molecule has 5 nitrogen and oxygen atoms in total. The van der Waals surface area contributed by atoms with Gasteiger partial charge in [-0.25, -0.2) is 0 Å². The van der Waals surface area contributed by atoms with Crippen molar-refractivity contribution in [1.29, 1.82) is 0 Å². The number of halogens is 1. The standard InChI is InChI=1S/C14H14ClN3O2/c15-10-4-5-14(20)18(9-10)7-6-13(19)17-12-3-1-2-11(16)8-12/h1-5,8-9H,6-7,16H2,(H,17,19). The summed E-state index contributed by atoms with van der Waals surface area (Å²) in [6, 6.07) is 9.81. The fourth-order valence-corrected chi connectivity index (χ4v) is 1.92. The van der Waals surface area contributed by atoms with Crippen LogP contribution in [0.1, 0.15) is 6.42 Å². The highest BCUT2D eigenvalue weighted by molar-refractivity contribution is 6.30. The van der Waals surface area contributed by atoms with Crippen molar-refractivity contribution in [3.63, 3.8) is 0 Å². The molecule has 1 amide bonds. The van der Waals surface area contributed by atoms with Crippen LogP contribution in [0.3, 0.4) is 0 Å². The molecule has 0 saturated carbocycles. The van der Waals surface area contributed by atoms with Crippen LogP contribution in [0.4, 0.5) is 11.4 Å². The molecule has 1 heterocycles. The first-order valence-electron chi connectivity index (χ1n) is 6.06. The smallest absolute Gasteiger partial charge is 0.250 e. The van der Waals surface area contributed by atoms with Gasteiger partial charge in [0.15, 0.2) is 0 Å². The Labute approximate surface area is 121 Å². The van der Waals surface area contributed by atoms with E-state index in [9.17, 15) is 9.59 Å². The monoisotopic (exact) mass is 291 g/mol. The zero-order valence-corrected chi connectivity index (χ0v) is 11.4. The van der Waals surface area contributed by atoms with Crippen molar-refractivity contribution >= 4 is 28.9 Å². The van der Waals surface area contributed by atoms with Gasteiger partial charge in [0.25, 0.3) is 5.56 Å². The zero-order chi connectivity index (χ0) is 14.5. The summed E-state index contributed by atoms with van der Waals surface area (Å²) in [4.78, 5) is 23.3. The van der Waals surface area contributed by atoms with Gasteiger partial charge in [0, 0.05) is 36.6 Å². The largest absolute Gasteiger partial charge is 0.399 e. The van der Waals surface area contributed by atoms with Crippen LogP contribution in [-0.4, -0.2) is 10.5 Å². The first kappa shape index (κ1) is 14.1. The van der Waals surface area contributed by atoms with Crippen molar-refractivity contribution in [2.75, 3.05) is 11.1 Å². The maximum absolute atomic E-state index is 11.8. The Bertz CT molecular complexity index is 682. The van der Waals surface area contributed by atoms with Gasteiger partial charge in [0.2, 0.25) is 5.91 Å². The first-order valence-corrected chi connectivity index (χ1v) is 6.44. The summed E-state index contributed by atoms with van der Waals surface area (Å²) >= 11 is 5.81. The molecule has 2 aromatic rings. The molecule has 0 aliphatic rings. The van der Waals surface area contributed by atoms with Crippen LogP contribution < -0.4 is 16.6 Å². The van der Waals surface area contributed by atoms with Crippen molar-refractivity contribution in [2.45, 2.75) is 13.0 Å². The van der Waals surface area contributed by atoms with E-state index < -0.39 is 0 Å². The maximum atomic E-state index is 11.8. The number of nitrogen functional groups attached to an aromatic ring is 1. The van der Waals surface area contributed by atoms with E-state index in [2.05, 4.69) is 5.32 Å². The summed E-state index contributed by atoms with van der Waals surface area (Å²) in [5.41, 5.74) is 6.65. The SMILES string of the molecule is Nc1cccc(NC(=O)CCn2cc(Cl)ccc2=O)c1. The third-order valence-corrected chi connectivity index (χ3v) is 2.92. The average Bonchev–Trinajstić information content (AvgIpc) is 2.40. The number of hydrogen-bond acceptors (Lipinski definition) is 3. The molecule has 0 aliphatic carbocycles. The number of aryl methyl sites for hydroxylation is 1. The molecule has 0 spiro atoms. The highest BCUT2D eigenvalue weighted by Crippen LogP contribution is 2.12.